The van der Waals surface area contributed by atoms with Gasteiger partial charge >= 0.3 is 5.97 Å². The van der Waals surface area contributed by atoms with Crippen molar-refractivity contribution in [2.75, 3.05) is 19.0 Å². The van der Waals surface area contributed by atoms with E-state index in [1.165, 1.54) is 12.7 Å². The lowest BCUT2D eigenvalue weighted by atomic mass is 10.1. The van der Waals surface area contributed by atoms with Gasteiger partial charge in [0.1, 0.15) is 0 Å². The summed E-state index contributed by atoms with van der Waals surface area (Å²) in [6, 6.07) is 6.10. The van der Waals surface area contributed by atoms with Crippen LogP contribution in [0.15, 0.2) is 18.2 Å². The third kappa shape index (κ3) is 4.04. The molecule has 1 atom stereocenters. The van der Waals surface area contributed by atoms with Crippen molar-refractivity contribution >= 4 is 11.7 Å². The fraction of sp³-hybridized carbons (Fsp3) is 0.500. The summed E-state index contributed by atoms with van der Waals surface area (Å²) in [6.45, 7) is 4.45. The lowest BCUT2D eigenvalue weighted by molar-refractivity contribution is -0.142. The van der Waals surface area contributed by atoms with Gasteiger partial charge in [-0.25, -0.2) is 0 Å². The minimum Gasteiger partial charge on any atom is -0.469 e. The highest BCUT2D eigenvalue weighted by molar-refractivity contribution is 5.69. The predicted molar refractivity (Wildman–Crippen MR) is 71.7 cm³/mol. The molecule has 1 rings (SSSR count). The number of carbonyl (C=O) groups excluding carboxylic acids is 1. The number of esters is 1. The Bertz CT molecular complexity index is 404. The average Bonchev–Trinajstić information content (AvgIpc) is 2.36. The van der Waals surface area contributed by atoms with E-state index in [0.29, 0.717) is 6.54 Å². The second kappa shape index (κ2) is 7.01. The van der Waals surface area contributed by atoms with Gasteiger partial charge in [-0.1, -0.05) is 25.1 Å². The first-order valence-corrected chi connectivity index (χ1v) is 6.15. The van der Waals surface area contributed by atoms with Gasteiger partial charge in [0.05, 0.1) is 19.6 Å². The number of aryl methyl sites for hydroxylation is 2. The second-order valence-corrected chi connectivity index (χ2v) is 4.28. The molecule has 1 aromatic rings. The largest absolute Gasteiger partial charge is 0.469 e. The molecule has 0 aliphatic rings. The Morgan fingerprint density at radius 3 is 2.83 bits per heavy atom. The number of para-hydroxylation sites is 1. The van der Waals surface area contributed by atoms with Crippen molar-refractivity contribution in [2.24, 2.45) is 0 Å². The highest BCUT2D eigenvalue weighted by Gasteiger charge is 2.12. The minimum atomic E-state index is -0.734. The summed E-state index contributed by atoms with van der Waals surface area (Å²) in [5.41, 5.74) is 3.39. The van der Waals surface area contributed by atoms with Crippen LogP contribution in [0.1, 0.15) is 24.5 Å². The van der Waals surface area contributed by atoms with Crippen molar-refractivity contribution in [3.05, 3.63) is 29.3 Å². The van der Waals surface area contributed by atoms with Gasteiger partial charge in [-0.15, -0.1) is 0 Å². The topological polar surface area (TPSA) is 58.6 Å². The number of anilines is 1. The molecule has 18 heavy (non-hydrogen) atoms. The van der Waals surface area contributed by atoms with Gasteiger partial charge < -0.3 is 15.2 Å². The van der Waals surface area contributed by atoms with Crippen LogP contribution >= 0.6 is 0 Å². The zero-order valence-electron chi connectivity index (χ0n) is 11.2. The second-order valence-electron chi connectivity index (χ2n) is 4.28. The van der Waals surface area contributed by atoms with Crippen LogP contribution in [0.3, 0.4) is 0 Å². The van der Waals surface area contributed by atoms with E-state index in [-0.39, 0.29) is 6.42 Å². The summed E-state index contributed by atoms with van der Waals surface area (Å²) in [5.74, 6) is -0.398. The maximum Gasteiger partial charge on any atom is 0.308 e. The van der Waals surface area contributed by atoms with Gasteiger partial charge in [0, 0.05) is 12.2 Å². The first kappa shape index (κ1) is 14.5. The molecular formula is C14H21NO3. The predicted octanol–water partition coefficient (Wildman–Crippen LogP) is 1.89. The Morgan fingerprint density at radius 1 is 1.50 bits per heavy atom. The lowest BCUT2D eigenvalue weighted by Gasteiger charge is -2.16. The molecule has 0 heterocycles. The molecule has 0 radical (unpaired) electrons. The molecular weight excluding hydrogens is 230 g/mol. The molecule has 0 aliphatic carbocycles. The molecule has 4 heteroatoms. The molecule has 0 saturated heterocycles. The van der Waals surface area contributed by atoms with Crippen LogP contribution in [-0.2, 0) is 16.0 Å². The molecule has 0 bridgehead atoms. The van der Waals surface area contributed by atoms with Crippen LogP contribution in [-0.4, -0.2) is 30.8 Å². The third-order valence-electron chi connectivity index (χ3n) is 2.88. The standard InChI is InChI=1S/C14H21NO3/c1-4-11-7-5-6-10(2)14(11)15-9-12(16)8-13(17)18-3/h5-7,12,15-16H,4,8-9H2,1-3H3. The number of nitrogens with one attached hydrogen (secondary N) is 1. The number of hydrogen-bond donors (Lipinski definition) is 2. The maximum absolute atomic E-state index is 11.0. The van der Waals surface area contributed by atoms with Crippen molar-refractivity contribution in [1.82, 2.24) is 0 Å². The van der Waals surface area contributed by atoms with Crippen molar-refractivity contribution < 1.29 is 14.6 Å². The Labute approximate surface area is 108 Å². The quantitative estimate of drug-likeness (QED) is 0.758. The normalized spacial score (nSPS) is 12.0. The summed E-state index contributed by atoms with van der Waals surface area (Å²) >= 11 is 0. The van der Waals surface area contributed by atoms with Crippen molar-refractivity contribution in [2.45, 2.75) is 32.8 Å². The van der Waals surface area contributed by atoms with E-state index >= 15 is 0 Å². The summed E-state index contributed by atoms with van der Waals surface area (Å²) < 4.78 is 4.51. The van der Waals surface area contributed by atoms with Crippen LogP contribution in [0.2, 0.25) is 0 Å². The molecule has 0 aromatic heterocycles. The van der Waals surface area contributed by atoms with Crippen molar-refractivity contribution in [3.8, 4) is 0 Å². The number of carbonyl (C=O) groups is 1. The number of benzene rings is 1. The maximum atomic E-state index is 11.0. The smallest absolute Gasteiger partial charge is 0.308 e. The zero-order chi connectivity index (χ0) is 13.5. The van der Waals surface area contributed by atoms with Crippen LogP contribution in [0.4, 0.5) is 5.69 Å². The number of aliphatic hydroxyl groups excluding tert-OH is 1. The van der Waals surface area contributed by atoms with Gasteiger partial charge in [-0.05, 0) is 24.5 Å². The first-order chi connectivity index (χ1) is 8.58. The Morgan fingerprint density at radius 2 is 2.22 bits per heavy atom. The third-order valence-corrected chi connectivity index (χ3v) is 2.88. The van der Waals surface area contributed by atoms with Gasteiger partial charge in [-0.3, -0.25) is 4.79 Å². The Kier molecular flexibility index (Phi) is 5.65. The van der Waals surface area contributed by atoms with Crippen LogP contribution in [0.25, 0.3) is 0 Å². The molecule has 0 aliphatic heterocycles. The van der Waals surface area contributed by atoms with E-state index in [1.54, 1.807) is 0 Å². The summed E-state index contributed by atoms with van der Waals surface area (Å²) in [5, 5.41) is 12.9. The van der Waals surface area contributed by atoms with E-state index in [1.807, 2.05) is 19.1 Å². The van der Waals surface area contributed by atoms with Gasteiger partial charge in [0.15, 0.2) is 0 Å². The van der Waals surface area contributed by atoms with Gasteiger partial charge in [-0.2, -0.15) is 0 Å². The van der Waals surface area contributed by atoms with E-state index in [2.05, 4.69) is 23.0 Å². The van der Waals surface area contributed by atoms with Gasteiger partial charge in [0.2, 0.25) is 0 Å². The SMILES string of the molecule is CCc1cccc(C)c1NCC(O)CC(=O)OC. The summed E-state index contributed by atoms with van der Waals surface area (Å²) in [7, 11) is 1.32. The van der Waals surface area contributed by atoms with E-state index < -0.39 is 12.1 Å². The van der Waals surface area contributed by atoms with E-state index in [9.17, 15) is 9.90 Å². The average molecular weight is 251 g/mol. The minimum absolute atomic E-state index is 0.0108. The molecule has 1 unspecified atom stereocenters. The van der Waals surface area contributed by atoms with Crippen LogP contribution in [0.5, 0.6) is 0 Å². The van der Waals surface area contributed by atoms with Gasteiger partial charge in [0.25, 0.3) is 0 Å². The lowest BCUT2D eigenvalue weighted by Crippen LogP contribution is -2.24. The molecule has 4 nitrogen and oxygen atoms in total. The molecule has 1 aromatic carbocycles. The number of rotatable bonds is 6. The number of hydrogen-bond acceptors (Lipinski definition) is 4. The number of ether oxygens (including phenoxy) is 1. The highest BCUT2D eigenvalue weighted by atomic mass is 16.5. The van der Waals surface area contributed by atoms with Crippen molar-refractivity contribution in [1.29, 1.82) is 0 Å². The summed E-state index contributed by atoms with van der Waals surface area (Å²) in [4.78, 5) is 11.0. The Hall–Kier alpha value is -1.55. The number of aliphatic hydroxyl groups is 1. The monoisotopic (exact) mass is 251 g/mol. The molecule has 0 saturated carbocycles. The summed E-state index contributed by atoms with van der Waals surface area (Å²) in [6.07, 6.45) is 0.204. The molecule has 0 fully saturated rings. The van der Waals surface area contributed by atoms with E-state index in [4.69, 9.17) is 0 Å². The van der Waals surface area contributed by atoms with E-state index in [0.717, 1.165) is 17.7 Å². The fourth-order valence-corrected chi connectivity index (χ4v) is 1.84. The molecule has 2 N–H and O–H groups in total. The van der Waals surface area contributed by atoms with Crippen LogP contribution in [0, 0.1) is 6.92 Å². The molecule has 0 amide bonds. The Balaban J connectivity index is 2.60. The molecule has 0 spiro atoms. The molecule has 100 valence electrons. The van der Waals surface area contributed by atoms with Crippen LogP contribution < -0.4 is 5.32 Å². The zero-order valence-corrected chi connectivity index (χ0v) is 11.2. The fourth-order valence-electron chi connectivity index (χ4n) is 1.84. The van der Waals surface area contributed by atoms with Crippen molar-refractivity contribution in [3.63, 3.8) is 0 Å². The highest BCUT2D eigenvalue weighted by Crippen LogP contribution is 2.21. The first-order valence-electron chi connectivity index (χ1n) is 6.15. The number of methoxy groups -OCH3 is 1.